The summed E-state index contributed by atoms with van der Waals surface area (Å²) in [5.74, 6) is 0. The molecule has 1 saturated heterocycles. The van der Waals surface area contributed by atoms with E-state index in [0.29, 0.717) is 10.7 Å². The minimum Gasteiger partial charge on any atom is -0.387 e. The van der Waals surface area contributed by atoms with Gasteiger partial charge < -0.3 is 14.7 Å². The fourth-order valence-electron chi connectivity index (χ4n) is 1.50. The predicted octanol–water partition coefficient (Wildman–Crippen LogP) is 1.69. The van der Waals surface area contributed by atoms with Gasteiger partial charge in [-0.15, -0.1) is 0 Å². The van der Waals surface area contributed by atoms with Crippen LogP contribution in [0.15, 0.2) is 0 Å². The number of morpholine rings is 1. The van der Waals surface area contributed by atoms with E-state index in [1.807, 2.05) is 0 Å². The molecule has 1 aliphatic heterocycles. The summed E-state index contributed by atoms with van der Waals surface area (Å²) in [6.07, 6.45) is -0.608. The lowest BCUT2D eigenvalue weighted by atomic mass is 10.3. The van der Waals surface area contributed by atoms with Gasteiger partial charge in [-0.1, -0.05) is 11.6 Å². The van der Waals surface area contributed by atoms with Crippen molar-refractivity contribution in [3.63, 3.8) is 0 Å². The first-order valence-corrected chi connectivity index (χ1v) is 6.01. The molecule has 1 aliphatic rings. The van der Waals surface area contributed by atoms with Crippen molar-refractivity contribution in [3.8, 4) is 0 Å². The first kappa shape index (κ1) is 11.1. The number of ether oxygens (including phenoxy) is 1. The summed E-state index contributed by atoms with van der Waals surface area (Å²) in [6.45, 7) is 4.78. The van der Waals surface area contributed by atoms with Crippen LogP contribution in [0.3, 0.4) is 0 Å². The molecule has 0 spiro atoms. The van der Waals surface area contributed by atoms with Gasteiger partial charge in [-0.05, 0) is 18.5 Å². The van der Waals surface area contributed by atoms with Gasteiger partial charge >= 0.3 is 0 Å². The van der Waals surface area contributed by atoms with Gasteiger partial charge in [0.05, 0.1) is 19.3 Å². The van der Waals surface area contributed by atoms with Crippen molar-refractivity contribution < 1.29 is 9.84 Å². The quantitative estimate of drug-likeness (QED) is 0.865. The molecule has 0 saturated carbocycles. The van der Waals surface area contributed by atoms with Crippen LogP contribution in [0.1, 0.15) is 18.7 Å². The molecule has 0 aliphatic carbocycles. The molecule has 1 atom stereocenters. The molecule has 1 aromatic rings. The fraction of sp³-hybridized carbons (Fsp3) is 0.667. The van der Waals surface area contributed by atoms with Crippen molar-refractivity contribution in [2.45, 2.75) is 13.0 Å². The summed E-state index contributed by atoms with van der Waals surface area (Å²) in [4.78, 5) is 2.15. The van der Waals surface area contributed by atoms with E-state index in [-0.39, 0.29) is 0 Å². The first-order valence-electron chi connectivity index (χ1n) is 4.86. The molecule has 0 amide bonds. The smallest absolute Gasteiger partial charge is 0.131 e. The largest absolute Gasteiger partial charge is 0.387 e. The van der Waals surface area contributed by atoms with E-state index in [1.54, 1.807) is 6.92 Å². The molecule has 1 fully saturated rings. The van der Waals surface area contributed by atoms with Crippen molar-refractivity contribution in [2.24, 2.45) is 0 Å². The topological polar surface area (TPSA) is 45.6 Å². The minimum absolute atomic E-state index is 0.572. The molecular formula is C9H13ClN2O2S. The van der Waals surface area contributed by atoms with Crippen molar-refractivity contribution in [1.29, 1.82) is 0 Å². The Kier molecular flexibility index (Phi) is 3.45. The van der Waals surface area contributed by atoms with Gasteiger partial charge in [0.2, 0.25) is 0 Å². The second-order valence-electron chi connectivity index (χ2n) is 3.46. The lowest BCUT2D eigenvalue weighted by molar-refractivity contribution is 0.123. The van der Waals surface area contributed by atoms with Crippen LogP contribution in [-0.4, -0.2) is 35.8 Å². The van der Waals surface area contributed by atoms with Crippen LogP contribution < -0.4 is 4.90 Å². The van der Waals surface area contributed by atoms with Gasteiger partial charge in [0.25, 0.3) is 0 Å². The average molecular weight is 249 g/mol. The van der Waals surface area contributed by atoms with Gasteiger partial charge in [0, 0.05) is 13.1 Å². The number of halogens is 1. The number of aromatic nitrogens is 1. The van der Waals surface area contributed by atoms with E-state index in [2.05, 4.69) is 9.27 Å². The molecule has 2 heterocycles. The molecule has 0 aromatic carbocycles. The van der Waals surface area contributed by atoms with E-state index >= 15 is 0 Å². The minimum atomic E-state index is -0.608. The monoisotopic (exact) mass is 248 g/mol. The number of aliphatic hydroxyl groups is 1. The molecule has 1 N–H and O–H groups in total. The van der Waals surface area contributed by atoms with E-state index in [1.165, 1.54) is 11.5 Å². The lowest BCUT2D eigenvalue weighted by Gasteiger charge is -2.27. The van der Waals surface area contributed by atoms with E-state index in [9.17, 15) is 5.11 Å². The summed E-state index contributed by atoms with van der Waals surface area (Å²) in [6, 6.07) is 0. The molecule has 4 nitrogen and oxygen atoms in total. The number of rotatable bonds is 2. The van der Waals surface area contributed by atoms with Gasteiger partial charge in [-0.3, -0.25) is 0 Å². The Labute approximate surface area is 97.6 Å². The number of hydrogen-bond acceptors (Lipinski definition) is 5. The van der Waals surface area contributed by atoms with Gasteiger partial charge in [0.1, 0.15) is 15.7 Å². The molecule has 84 valence electrons. The highest BCUT2D eigenvalue weighted by molar-refractivity contribution is 7.11. The van der Waals surface area contributed by atoms with Crippen molar-refractivity contribution in [1.82, 2.24) is 4.37 Å². The predicted molar refractivity (Wildman–Crippen MR) is 60.8 cm³/mol. The Morgan fingerprint density at radius 3 is 2.73 bits per heavy atom. The van der Waals surface area contributed by atoms with Crippen LogP contribution in [0.25, 0.3) is 0 Å². The zero-order valence-electron chi connectivity index (χ0n) is 8.44. The number of nitrogens with zero attached hydrogens (tertiary/aromatic N) is 2. The van der Waals surface area contributed by atoms with Gasteiger partial charge in [-0.25, -0.2) is 0 Å². The average Bonchev–Trinajstić information content (AvgIpc) is 2.61. The van der Waals surface area contributed by atoms with Crippen LogP contribution in [0.5, 0.6) is 0 Å². The molecule has 0 radical (unpaired) electrons. The number of hydrogen-bond donors (Lipinski definition) is 1. The highest BCUT2D eigenvalue weighted by Gasteiger charge is 2.21. The van der Waals surface area contributed by atoms with Crippen LogP contribution in [0.2, 0.25) is 5.02 Å². The zero-order chi connectivity index (χ0) is 10.8. The Morgan fingerprint density at radius 1 is 1.53 bits per heavy atom. The third-order valence-corrected chi connectivity index (χ3v) is 3.75. The van der Waals surface area contributed by atoms with Crippen LogP contribution in [-0.2, 0) is 4.74 Å². The second kappa shape index (κ2) is 4.65. The highest BCUT2D eigenvalue weighted by atomic mass is 35.5. The summed E-state index contributed by atoms with van der Waals surface area (Å²) < 4.78 is 9.43. The third kappa shape index (κ3) is 2.25. The highest BCUT2D eigenvalue weighted by Crippen LogP contribution is 2.36. The maximum absolute atomic E-state index is 9.43. The van der Waals surface area contributed by atoms with E-state index in [0.717, 1.165) is 31.3 Å². The van der Waals surface area contributed by atoms with Gasteiger partial charge in [-0.2, -0.15) is 4.37 Å². The summed E-state index contributed by atoms with van der Waals surface area (Å²) in [5, 5.41) is 11.0. The van der Waals surface area contributed by atoms with Crippen molar-refractivity contribution in [2.75, 3.05) is 31.2 Å². The van der Waals surface area contributed by atoms with Gasteiger partial charge in [0.15, 0.2) is 0 Å². The maximum atomic E-state index is 9.43. The number of aliphatic hydroxyl groups excluding tert-OH is 1. The summed E-state index contributed by atoms with van der Waals surface area (Å²) in [5.41, 5.74) is 0.572. The standard InChI is InChI=1S/C9H13ClN2O2S/c1-6(13)8-7(10)9(15-11-8)12-2-4-14-5-3-12/h6,13H,2-5H2,1H3/t6-/m0/s1. The Hall–Kier alpha value is -0.360. The fourth-order valence-corrected chi connectivity index (χ4v) is 2.89. The first-order chi connectivity index (χ1) is 7.20. The Bertz CT molecular complexity index is 337. The zero-order valence-corrected chi connectivity index (χ0v) is 10.0. The molecule has 0 unspecified atom stereocenters. The van der Waals surface area contributed by atoms with E-state index in [4.69, 9.17) is 16.3 Å². The molecular weight excluding hydrogens is 236 g/mol. The van der Waals surface area contributed by atoms with E-state index < -0.39 is 6.10 Å². The Balaban J connectivity index is 2.20. The summed E-state index contributed by atoms with van der Waals surface area (Å²) in [7, 11) is 0. The molecule has 0 bridgehead atoms. The number of anilines is 1. The van der Waals surface area contributed by atoms with Crippen LogP contribution in [0.4, 0.5) is 5.00 Å². The second-order valence-corrected chi connectivity index (χ2v) is 4.59. The Morgan fingerprint density at radius 2 is 2.20 bits per heavy atom. The summed E-state index contributed by atoms with van der Waals surface area (Å²) >= 11 is 7.50. The van der Waals surface area contributed by atoms with Crippen molar-refractivity contribution in [3.05, 3.63) is 10.7 Å². The molecule has 1 aromatic heterocycles. The molecule has 6 heteroatoms. The maximum Gasteiger partial charge on any atom is 0.131 e. The normalized spacial score (nSPS) is 19.3. The lowest BCUT2D eigenvalue weighted by Crippen LogP contribution is -2.35. The molecule has 15 heavy (non-hydrogen) atoms. The van der Waals surface area contributed by atoms with Crippen LogP contribution >= 0.6 is 23.1 Å². The third-order valence-electron chi connectivity index (χ3n) is 2.34. The van der Waals surface area contributed by atoms with Crippen LogP contribution in [0, 0.1) is 0 Å². The molecule has 2 rings (SSSR count). The van der Waals surface area contributed by atoms with Crippen molar-refractivity contribution >= 4 is 28.1 Å². The SMILES string of the molecule is C[C@H](O)c1nsc(N2CCOCC2)c1Cl.